The van der Waals surface area contributed by atoms with Crippen molar-refractivity contribution >= 4 is 11.9 Å². The molecule has 4 atom stereocenters. The number of carbonyl (C=O) groups is 2. The summed E-state index contributed by atoms with van der Waals surface area (Å²) >= 11 is 0. The summed E-state index contributed by atoms with van der Waals surface area (Å²) in [7, 11) is 2.93. The Hall–Kier alpha value is -2.17. The number of hydrogen-bond acceptors (Lipinski definition) is 2. The Bertz CT molecular complexity index is 791. The van der Waals surface area contributed by atoms with Gasteiger partial charge in [0.25, 0.3) is 5.91 Å². The standard InChI is InChI=1S/C18H19FN2O2/c1-16-9-10-17(2,12-8-6-5-7-11(12)16)18(19)13(16)20(3)15(23)21(4)14(18)22/h5-10,13H,1-4H3/t13-,16+,17-,18-/m1/s1. The summed E-state index contributed by atoms with van der Waals surface area (Å²) in [5, 5.41) is 0. The van der Waals surface area contributed by atoms with Crippen molar-refractivity contribution in [2.24, 2.45) is 0 Å². The highest BCUT2D eigenvalue weighted by Crippen LogP contribution is 2.61. The molecule has 3 amide bonds. The number of urea groups is 1. The number of imide groups is 1. The van der Waals surface area contributed by atoms with Crippen molar-refractivity contribution in [1.82, 2.24) is 9.80 Å². The van der Waals surface area contributed by atoms with Crippen molar-refractivity contribution in [1.29, 1.82) is 0 Å². The molecular formula is C18H19FN2O2. The zero-order valence-electron chi connectivity index (χ0n) is 13.6. The van der Waals surface area contributed by atoms with Crippen LogP contribution in [0.4, 0.5) is 9.18 Å². The summed E-state index contributed by atoms with van der Waals surface area (Å²) in [5.74, 6) is -0.752. The predicted molar refractivity (Wildman–Crippen MR) is 83.8 cm³/mol. The number of nitrogens with zero attached hydrogens (tertiary/aromatic N) is 2. The molecule has 1 aromatic carbocycles. The van der Waals surface area contributed by atoms with Gasteiger partial charge in [0.15, 0.2) is 0 Å². The molecule has 120 valence electrons. The van der Waals surface area contributed by atoms with Gasteiger partial charge in [-0.3, -0.25) is 9.69 Å². The normalized spacial score (nSPS) is 41.2. The molecule has 0 radical (unpaired) electrons. The maximum atomic E-state index is 16.5. The molecule has 0 aromatic heterocycles. The van der Waals surface area contributed by atoms with E-state index in [0.29, 0.717) is 0 Å². The molecule has 0 N–H and O–H groups in total. The molecule has 4 aliphatic rings. The first kappa shape index (κ1) is 14.4. The van der Waals surface area contributed by atoms with E-state index in [1.807, 2.05) is 37.3 Å². The van der Waals surface area contributed by atoms with Gasteiger partial charge in [0, 0.05) is 19.5 Å². The summed E-state index contributed by atoms with van der Waals surface area (Å²) in [6, 6.07) is 6.33. The number of likely N-dealkylation sites (N-methyl/N-ethyl adjacent to an activating group) is 1. The summed E-state index contributed by atoms with van der Waals surface area (Å²) in [6.45, 7) is 3.66. The topological polar surface area (TPSA) is 40.6 Å². The molecule has 3 aliphatic carbocycles. The molecule has 1 aliphatic heterocycles. The van der Waals surface area contributed by atoms with Crippen LogP contribution in [0.2, 0.25) is 0 Å². The monoisotopic (exact) mass is 314 g/mol. The average molecular weight is 314 g/mol. The third-order valence-corrected chi connectivity index (χ3v) is 6.12. The van der Waals surface area contributed by atoms with E-state index in [2.05, 4.69) is 0 Å². The lowest BCUT2D eigenvalue weighted by Gasteiger charge is -2.63. The van der Waals surface area contributed by atoms with Crippen molar-refractivity contribution < 1.29 is 14.0 Å². The SMILES string of the molecule is CN1C(=O)N(C)[C@@H]2[C@@]3(C)C=C[C@](C)(c4ccccc43)[C@]2(F)C1=O. The first-order valence-electron chi connectivity index (χ1n) is 7.74. The molecule has 1 fully saturated rings. The number of hydrogen-bond donors (Lipinski definition) is 0. The highest BCUT2D eigenvalue weighted by molar-refractivity contribution is 6.04. The predicted octanol–water partition coefficient (Wildman–Crippen LogP) is 2.39. The molecule has 2 bridgehead atoms. The second-order valence-electron chi connectivity index (χ2n) is 7.24. The third kappa shape index (κ3) is 1.26. The van der Waals surface area contributed by atoms with Gasteiger partial charge >= 0.3 is 6.03 Å². The number of benzene rings is 1. The van der Waals surface area contributed by atoms with Crippen LogP contribution in [0, 0.1) is 0 Å². The van der Waals surface area contributed by atoms with Crippen LogP contribution in [0.5, 0.6) is 0 Å². The van der Waals surface area contributed by atoms with Crippen LogP contribution >= 0.6 is 0 Å². The Balaban J connectivity index is 2.11. The van der Waals surface area contributed by atoms with Crippen molar-refractivity contribution in [2.45, 2.75) is 36.4 Å². The van der Waals surface area contributed by atoms with E-state index >= 15 is 4.39 Å². The second kappa shape index (κ2) is 3.83. The van der Waals surface area contributed by atoms with Gasteiger partial charge in [-0.05, 0) is 25.0 Å². The molecule has 23 heavy (non-hydrogen) atoms. The zero-order chi connectivity index (χ0) is 16.8. The fourth-order valence-corrected chi connectivity index (χ4v) is 4.86. The number of carbonyl (C=O) groups excluding carboxylic acids is 2. The fourth-order valence-electron chi connectivity index (χ4n) is 4.86. The maximum Gasteiger partial charge on any atom is 0.326 e. The van der Waals surface area contributed by atoms with Crippen LogP contribution in [0.15, 0.2) is 36.4 Å². The molecule has 1 aromatic rings. The van der Waals surface area contributed by atoms with E-state index < -0.39 is 34.5 Å². The third-order valence-electron chi connectivity index (χ3n) is 6.12. The summed E-state index contributed by atoms with van der Waals surface area (Å²) in [6.07, 6.45) is 3.77. The zero-order valence-corrected chi connectivity index (χ0v) is 13.6. The maximum absolute atomic E-state index is 16.5. The molecule has 5 rings (SSSR count). The van der Waals surface area contributed by atoms with Crippen LogP contribution < -0.4 is 0 Å². The average Bonchev–Trinajstić information content (AvgIpc) is 2.54. The molecule has 1 saturated heterocycles. The number of rotatable bonds is 0. The Morgan fingerprint density at radius 3 is 2.30 bits per heavy atom. The molecule has 4 nitrogen and oxygen atoms in total. The molecule has 0 saturated carbocycles. The van der Waals surface area contributed by atoms with E-state index in [1.165, 1.54) is 11.9 Å². The summed E-state index contributed by atoms with van der Waals surface area (Å²) in [4.78, 5) is 27.6. The van der Waals surface area contributed by atoms with Gasteiger partial charge in [-0.25, -0.2) is 9.18 Å². The molecule has 1 heterocycles. The number of allylic oxidation sites excluding steroid dienone is 1. The largest absolute Gasteiger partial charge is 0.326 e. The number of amides is 3. The van der Waals surface area contributed by atoms with Crippen LogP contribution in [-0.4, -0.2) is 47.5 Å². The minimum atomic E-state index is -2.18. The van der Waals surface area contributed by atoms with Gasteiger partial charge in [0.05, 0.1) is 11.5 Å². The van der Waals surface area contributed by atoms with Gasteiger partial charge in [-0.2, -0.15) is 0 Å². The highest BCUT2D eigenvalue weighted by atomic mass is 19.1. The van der Waals surface area contributed by atoms with Crippen molar-refractivity contribution in [3.8, 4) is 0 Å². The van der Waals surface area contributed by atoms with Crippen molar-refractivity contribution in [3.63, 3.8) is 0 Å². The lowest BCUT2D eigenvalue weighted by Crippen LogP contribution is -2.80. The van der Waals surface area contributed by atoms with Crippen molar-refractivity contribution in [3.05, 3.63) is 47.5 Å². The molecule has 0 spiro atoms. The van der Waals surface area contributed by atoms with Gasteiger partial charge in [0.1, 0.15) is 0 Å². The summed E-state index contributed by atoms with van der Waals surface area (Å²) < 4.78 is 16.5. The number of alkyl halides is 1. The first-order valence-corrected chi connectivity index (χ1v) is 7.74. The highest BCUT2D eigenvalue weighted by Gasteiger charge is 2.74. The van der Waals surface area contributed by atoms with Crippen LogP contribution in [0.1, 0.15) is 25.0 Å². The van der Waals surface area contributed by atoms with Crippen LogP contribution in [0.25, 0.3) is 0 Å². The van der Waals surface area contributed by atoms with Gasteiger partial charge in [-0.1, -0.05) is 36.4 Å². The summed E-state index contributed by atoms with van der Waals surface area (Å²) in [5.41, 5.74) is -2.19. The van der Waals surface area contributed by atoms with Crippen molar-refractivity contribution in [2.75, 3.05) is 14.1 Å². The number of halogens is 1. The lowest BCUT2D eigenvalue weighted by atomic mass is 9.47. The van der Waals surface area contributed by atoms with Gasteiger partial charge in [-0.15, -0.1) is 0 Å². The molecule has 0 unspecified atom stereocenters. The van der Waals surface area contributed by atoms with E-state index in [0.717, 1.165) is 16.0 Å². The fraction of sp³-hybridized carbons (Fsp3) is 0.444. The van der Waals surface area contributed by atoms with Crippen LogP contribution in [-0.2, 0) is 15.6 Å². The minimum Gasteiger partial charge on any atom is -0.319 e. The van der Waals surface area contributed by atoms with E-state index in [9.17, 15) is 9.59 Å². The first-order chi connectivity index (χ1) is 10.7. The quantitative estimate of drug-likeness (QED) is 0.690. The van der Waals surface area contributed by atoms with Gasteiger partial charge in [0.2, 0.25) is 5.67 Å². The smallest absolute Gasteiger partial charge is 0.319 e. The second-order valence-corrected chi connectivity index (χ2v) is 7.24. The van der Waals surface area contributed by atoms with Gasteiger partial charge < -0.3 is 4.90 Å². The van der Waals surface area contributed by atoms with E-state index in [4.69, 9.17) is 0 Å². The Kier molecular flexibility index (Phi) is 2.40. The van der Waals surface area contributed by atoms with E-state index in [1.54, 1.807) is 20.0 Å². The Morgan fingerprint density at radius 1 is 1.04 bits per heavy atom. The lowest BCUT2D eigenvalue weighted by molar-refractivity contribution is -0.161. The van der Waals surface area contributed by atoms with Crippen LogP contribution in [0.3, 0.4) is 0 Å². The molecule has 5 heteroatoms. The molecular weight excluding hydrogens is 295 g/mol. The minimum absolute atomic E-state index is 0.462. The van der Waals surface area contributed by atoms with E-state index in [-0.39, 0.29) is 0 Å². The Morgan fingerprint density at radius 2 is 1.65 bits per heavy atom. The Labute approximate surface area is 134 Å².